The van der Waals surface area contributed by atoms with Crippen LogP contribution >= 0.6 is 11.3 Å². The Balaban J connectivity index is 1.64. The highest BCUT2D eigenvalue weighted by molar-refractivity contribution is 7.20. The molecular formula is C21H20N4O3S. The van der Waals surface area contributed by atoms with E-state index in [4.69, 9.17) is 4.74 Å². The van der Waals surface area contributed by atoms with Gasteiger partial charge in [0, 0.05) is 12.0 Å². The quantitative estimate of drug-likeness (QED) is 0.493. The van der Waals surface area contributed by atoms with Gasteiger partial charge in [-0.25, -0.2) is 4.98 Å². The molecule has 0 fully saturated rings. The van der Waals surface area contributed by atoms with Gasteiger partial charge in [-0.1, -0.05) is 18.2 Å². The molecule has 7 nitrogen and oxygen atoms in total. The maximum absolute atomic E-state index is 12.9. The number of nitrogens with one attached hydrogen (secondary N) is 1. The molecule has 4 aromatic rings. The number of carbonyl (C=O) groups excluding carboxylic acids is 1. The van der Waals surface area contributed by atoms with Gasteiger partial charge in [-0.15, -0.1) is 11.3 Å². The highest BCUT2D eigenvalue weighted by Crippen LogP contribution is 2.28. The first-order valence-electron chi connectivity index (χ1n) is 9.31. The Kier molecular flexibility index (Phi) is 5.37. The number of benzene rings is 1. The monoisotopic (exact) mass is 408 g/mol. The number of hydrogen-bond acceptors (Lipinski definition) is 6. The van der Waals surface area contributed by atoms with E-state index in [1.165, 1.54) is 22.2 Å². The van der Waals surface area contributed by atoms with Crippen LogP contribution in [0.3, 0.4) is 0 Å². The molecule has 0 saturated heterocycles. The summed E-state index contributed by atoms with van der Waals surface area (Å²) in [5, 5.41) is 4.30. The third kappa shape index (κ3) is 3.76. The Labute approximate surface area is 171 Å². The number of rotatable bonds is 6. The Bertz CT molecular complexity index is 1260. The van der Waals surface area contributed by atoms with Crippen molar-refractivity contribution in [1.29, 1.82) is 0 Å². The van der Waals surface area contributed by atoms with Gasteiger partial charge in [0.2, 0.25) is 0 Å². The summed E-state index contributed by atoms with van der Waals surface area (Å²) < 4.78 is 6.84. The maximum atomic E-state index is 12.9. The van der Waals surface area contributed by atoms with Crippen molar-refractivity contribution in [2.24, 2.45) is 0 Å². The summed E-state index contributed by atoms with van der Waals surface area (Å²) in [7, 11) is 0. The average molecular weight is 408 g/mol. The van der Waals surface area contributed by atoms with Crippen LogP contribution in [0.2, 0.25) is 0 Å². The first kappa shape index (κ1) is 19.2. The lowest BCUT2D eigenvalue weighted by Gasteiger charge is -2.06. The van der Waals surface area contributed by atoms with Crippen LogP contribution in [-0.4, -0.2) is 33.7 Å². The van der Waals surface area contributed by atoms with Crippen LogP contribution < -0.4 is 10.9 Å². The van der Waals surface area contributed by atoms with Crippen molar-refractivity contribution < 1.29 is 9.53 Å². The number of anilines is 1. The SMILES string of the molecule is CCOCCn1cnc2sc(C(=O)Nc3cnc4ccccc4c3)c(C)c2c1=O. The van der Waals surface area contributed by atoms with E-state index < -0.39 is 0 Å². The van der Waals surface area contributed by atoms with E-state index in [-0.39, 0.29) is 11.5 Å². The number of aryl methyl sites for hydroxylation is 1. The molecule has 0 bridgehead atoms. The van der Waals surface area contributed by atoms with Crippen LogP contribution in [0, 0.1) is 6.92 Å². The third-order valence-electron chi connectivity index (χ3n) is 4.65. The smallest absolute Gasteiger partial charge is 0.266 e. The van der Waals surface area contributed by atoms with Gasteiger partial charge in [-0.05, 0) is 31.5 Å². The van der Waals surface area contributed by atoms with E-state index in [1.807, 2.05) is 37.3 Å². The largest absolute Gasteiger partial charge is 0.380 e. The van der Waals surface area contributed by atoms with Crippen molar-refractivity contribution in [3.8, 4) is 0 Å². The second kappa shape index (κ2) is 8.10. The van der Waals surface area contributed by atoms with E-state index in [0.29, 0.717) is 46.1 Å². The normalized spacial score (nSPS) is 11.2. The summed E-state index contributed by atoms with van der Waals surface area (Å²) in [4.78, 5) is 35.4. The molecule has 3 heterocycles. The van der Waals surface area contributed by atoms with E-state index in [2.05, 4.69) is 15.3 Å². The molecule has 0 saturated carbocycles. The van der Waals surface area contributed by atoms with Crippen LogP contribution in [0.5, 0.6) is 0 Å². The van der Waals surface area contributed by atoms with Crippen molar-refractivity contribution in [3.05, 3.63) is 63.7 Å². The number of pyridine rings is 1. The minimum Gasteiger partial charge on any atom is -0.380 e. The molecule has 148 valence electrons. The lowest BCUT2D eigenvalue weighted by molar-refractivity contribution is 0.103. The van der Waals surface area contributed by atoms with Gasteiger partial charge in [0.05, 0.1) is 47.1 Å². The third-order valence-corrected chi connectivity index (χ3v) is 5.85. The number of aromatic nitrogens is 3. The molecule has 0 spiro atoms. The molecule has 8 heteroatoms. The van der Waals surface area contributed by atoms with E-state index >= 15 is 0 Å². The summed E-state index contributed by atoms with van der Waals surface area (Å²) in [6.07, 6.45) is 3.14. The van der Waals surface area contributed by atoms with Gasteiger partial charge in [0.1, 0.15) is 4.83 Å². The van der Waals surface area contributed by atoms with Gasteiger partial charge in [-0.3, -0.25) is 19.1 Å². The first-order chi connectivity index (χ1) is 14.1. The molecule has 29 heavy (non-hydrogen) atoms. The van der Waals surface area contributed by atoms with Crippen LogP contribution in [0.25, 0.3) is 21.1 Å². The summed E-state index contributed by atoms with van der Waals surface area (Å²) in [5.74, 6) is -0.275. The average Bonchev–Trinajstić information content (AvgIpc) is 3.07. The van der Waals surface area contributed by atoms with Crippen molar-refractivity contribution in [2.45, 2.75) is 20.4 Å². The maximum Gasteiger partial charge on any atom is 0.266 e. The Morgan fingerprint density at radius 3 is 2.93 bits per heavy atom. The fourth-order valence-electron chi connectivity index (χ4n) is 3.17. The second-order valence-corrected chi connectivity index (χ2v) is 7.55. The van der Waals surface area contributed by atoms with Gasteiger partial charge in [0.25, 0.3) is 11.5 Å². The zero-order valence-corrected chi connectivity index (χ0v) is 17.0. The summed E-state index contributed by atoms with van der Waals surface area (Å²) >= 11 is 1.22. The molecule has 0 aliphatic heterocycles. The number of thiophene rings is 1. The Hall–Kier alpha value is -3.10. The number of ether oxygens (including phenoxy) is 1. The van der Waals surface area contributed by atoms with E-state index in [9.17, 15) is 9.59 Å². The molecule has 3 aromatic heterocycles. The van der Waals surface area contributed by atoms with Crippen molar-refractivity contribution in [1.82, 2.24) is 14.5 Å². The lowest BCUT2D eigenvalue weighted by Crippen LogP contribution is -2.23. The molecule has 1 amide bonds. The van der Waals surface area contributed by atoms with Gasteiger partial charge >= 0.3 is 0 Å². The number of para-hydroxylation sites is 1. The molecule has 0 aliphatic rings. The molecule has 0 radical (unpaired) electrons. The molecule has 1 N–H and O–H groups in total. The zero-order valence-electron chi connectivity index (χ0n) is 16.1. The molecule has 0 atom stereocenters. The molecule has 0 unspecified atom stereocenters. The van der Waals surface area contributed by atoms with Crippen molar-refractivity contribution in [3.63, 3.8) is 0 Å². The number of hydrogen-bond donors (Lipinski definition) is 1. The number of amides is 1. The van der Waals surface area contributed by atoms with Crippen molar-refractivity contribution in [2.75, 3.05) is 18.5 Å². The minimum atomic E-state index is -0.275. The van der Waals surface area contributed by atoms with Crippen LogP contribution in [0.1, 0.15) is 22.2 Å². The van der Waals surface area contributed by atoms with Gasteiger partial charge in [0.15, 0.2) is 0 Å². The lowest BCUT2D eigenvalue weighted by atomic mass is 10.2. The molecular weight excluding hydrogens is 388 g/mol. The predicted octanol–water partition coefficient (Wildman–Crippen LogP) is 3.60. The number of nitrogens with zero attached hydrogens (tertiary/aromatic N) is 3. The molecule has 4 rings (SSSR count). The summed E-state index contributed by atoms with van der Waals surface area (Å²) in [6.45, 7) is 5.14. The minimum absolute atomic E-state index is 0.158. The van der Waals surface area contributed by atoms with Crippen LogP contribution in [0.4, 0.5) is 5.69 Å². The van der Waals surface area contributed by atoms with Gasteiger partial charge in [-0.2, -0.15) is 0 Å². The topological polar surface area (TPSA) is 86.1 Å². The van der Waals surface area contributed by atoms with Gasteiger partial charge < -0.3 is 10.1 Å². The number of fused-ring (bicyclic) bond motifs is 2. The summed E-state index contributed by atoms with van der Waals surface area (Å²) in [6, 6.07) is 9.58. The fraction of sp³-hybridized carbons (Fsp3) is 0.238. The highest BCUT2D eigenvalue weighted by atomic mass is 32.1. The fourth-order valence-corrected chi connectivity index (χ4v) is 4.20. The van der Waals surface area contributed by atoms with E-state index in [0.717, 1.165) is 10.9 Å². The summed E-state index contributed by atoms with van der Waals surface area (Å²) in [5.41, 5.74) is 1.95. The predicted molar refractivity (Wildman–Crippen MR) is 115 cm³/mol. The van der Waals surface area contributed by atoms with Crippen LogP contribution in [-0.2, 0) is 11.3 Å². The van der Waals surface area contributed by atoms with Crippen LogP contribution in [0.15, 0.2) is 47.7 Å². The number of carbonyl (C=O) groups is 1. The van der Waals surface area contributed by atoms with E-state index in [1.54, 1.807) is 13.1 Å². The first-order valence-corrected chi connectivity index (χ1v) is 10.1. The zero-order chi connectivity index (χ0) is 20.4. The molecule has 0 aliphatic carbocycles. The Morgan fingerprint density at radius 1 is 1.28 bits per heavy atom. The van der Waals surface area contributed by atoms with Crippen molar-refractivity contribution >= 4 is 44.1 Å². The second-order valence-electron chi connectivity index (χ2n) is 6.55. The highest BCUT2D eigenvalue weighted by Gasteiger charge is 2.19. The standard InChI is InChI=1S/C21H20N4O3S/c1-3-28-9-8-25-12-23-20-17(21(25)27)13(2)18(29-20)19(26)24-15-10-14-6-4-5-7-16(14)22-11-15/h4-7,10-12H,3,8-9H2,1-2H3,(H,24,26). The Morgan fingerprint density at radius 2 is 2.10 bits per heavy atom. The molecule has 1 aromatic carbocycles.